The lowest BCUT2D eigenvalue weighted by atomic mass is 10.3. The van der Waals surface area contributed by atoms with Gasteiger partial charge in [0.15, 0.2) is 6.29 Å². The van der Waals surface area contributed by atoms with Gasteiger partial charge in [-0.25, -0.2) is 0 Å². The Labute approximate surface area is 155 Å². The average Bonchev–Trinajstić information content (AvgIpc) is 2.63. The van der Waals surface area contributed by atoms with E-state index in [0.29, 0.717) is 13.2 Å². The number of nitrogens with zero attached hydrogens (tertiary/aromatic N) is 1. The zero-order valence-corrected chi connectivity index (χ0v) is 18.0. The predicted molar refractivity (Wildman–Crippen MR) is 101 cm³/mol. The third-order valence-corrected chi connectivity index (χ3v) is 6.90. The van der Waals surface area contributed by atoms with Crippen LogP contribution in [0.1, 0.15) is 33.1 Å². The fraction of sp³-hybridized carbons (Fsp3) is 1.00. The molecule has 0 fully saturated rings. The summed E-state index contributed by atoms with van der Waals surface area (Å²) in [5.41, 5.74) is 0. The molecule has 0 aliphatic heterocycles. The molecule has 0 rings (SSSR count). The molecule has 0 bridgehead atoms. The third-order valence-electron chi connectivity index (χ3n) is 4.06. The first-order valence-electron chi connectivity index (χ1n) is 9.21. The van der Waals surface area contributed by atoms with Crippen LogP contribution in [0, 0.1) is 0 Å². The lowest BCUT2D eigenvalue weighted by molar-refractivity contribution is -0.151. The molecule has 1 unspecified atom stereocenters. The Morgan fingerprint density at radius 1 is 0.840 bits per heavy atom. The molecule has 8 heteroatoms. The minimum Gasteiger partial charge on any atom is -0.383 e. The number of hydrogen-bond donors (Lipinski definition) is 0. The van der Waals surface area contributed by atoms with E-state index < -0.39 is 8.80 Å². The van der Waals surface area contributed by atoms with Crippen molar-refractivity contribution in [1.82, 2.24) is 4.90 Å². The van der Waals surface area contributed by atoms with Crippen molar-refractivity contribution >= 4 is 8.80 Å². The second-order valence-electron chi connectivity index (χ2n) is 5.80. The van der Waals surface area contributed by atoms with Crippen LogP contribution in [0.3, 0.4) is 0 Å². The van der Waals surface area contributed by atoms with Crippen LogP contribution in [0.2, 0.25) is 6.04 Å². The highest BCUT2D eigenvalue weighted by Crippen LogP contribution is 2.15. The van der Waals surface area contributed by atoms with Gasteiger partial charge in [-0.3, -0.25) is 4.90 Å². The maximum atomic E-state index is 5.87. The van der Waals surface area contributed by atoms with Crippen molar-refractivity contribution in [2.24, 2.45) is 0 Å². The molecule has 1 atom stereocenters. The van der Waals surface area contributed by atoms with E-state index >= 15 is 0 Å². The molecule has 0 aliphatic carbocycles. The van der Waals surface area contributed by atoms with Gasteiger partial charge in [-0.1, -0.05) is 13.3 Å². The highest BCUT2D eigenvalue weighted by atomic mass is 28.4. The lowest BCUT2D eigenvalue weighted by Crippen LogP contribution is -2.44. The standard InChI is InChI=1S/C17H39NO6Si/c1-7-9-13-24-17(23-8-2)16-18(12-14-19-3)11-10-15-25(20-4,21-5)22-6/h17H,7-16H2,1-6H3. The second kappa shape index (κ2) is 16.1. The van der Waals surface area contributed by atoms with Gasteiger partial charge in [0.25, 0.3) is 0 Å². The molecular weight excluding hydrogens is 342 g/mol. The Bertz CT molecular complexity index is 286. The zero-order valence-electron chi connectivity index (χ0n) is 17.0. The van der Waals surface area contributed by atoms with Crippen molar-refractivity contribution < 1.29 is 27.5 Å². The first kappa shape index (κ1) is 24.9. The van der Waals surface area contributed by atoms with Crippen molar-refractivity contribution in [3.63, 3.8) is 0 Å². The molecular formula is C17H39NO6Si. The molecule has 0 saturated heterocycles. The lowest BCUT2D eigenvalue weighted by Gasteiger charge is -2.29. The van der Waals surface area contributed by atoms with E-state index in [9.17, 15) is 0 Å². The number of ether oxygens (including phenoxy) is 3. The molecule has 152 valence electrons. The van der Waals surface area contributed by atoms with Gasteiger partial charge in [0.05, 0.1) is 6.61 Å². The molecule has 0 saturated carbocycles. The monoisotopic (exact) mass is 381 g/mol. The fourth-order valence-corrected chi connectivity index (χ4v) is 4.20. The molecule has 0 aromatic rings. The van der Waals surface area contributed by atoms with Crippen molar-refractivity contribution in [3.05, 3.63) is 0 Å². The van der Waals surface area contributed by atoms with E-state index in [0.717, 1.165) is 51.5 Å². The smallest absolute Gasteiger partial charge is 0.383 e. The van der Waals surface area contributed by atoms with Crippen molar-refractivity contribution in [2.75, 3.05) is 67.9 Å². The maximum Gasteiger partial charge on any atom is 0.500 e. The van der Waals surface area contributed by atoms with E-state index in [-0.39, 0.29) is 6.29 Å². The molecule has 0 aromatic heterocycles. The molecule has 0 aromatic carbocycles. The Morgan fingerprint density at radius 3 is 2.04 bits per heavy atom. The molecule has 25 heavy (non-hydrogen) atoms. The van der Waals surface area contributed by atoms with E-state index in [1.807, 2.05) is 6.92 Å². The summed E-state index contributed by atoms with van der Waals surface area (Å²) in [7, 11) is 4.14. The molecule has 0 N–H and O–H groups in total. The first-order valence-corrected chi connectivity index (χ1v) is 11.1. The normalized spacial score (nSPS) is 13.6. The van der Waals surface area contributed by atoms with Gasteiger partial charge >= 0.3 is 8.80 Å². The summed E-state index contributed by atoms with van der Waals surface area (Å²) in [5.74, 6) is 0. The van der Waals surface area contributed by atoms with Gasteiger partial charge in [0, 0.05) is 60.8 Å². The Kier molecular flexibility index (Phi) is 16.1. The van der Waals surface area contributed by atoms with Crippen LogP contribution in [0.4, 0.5) is 0 Å². The van der Waals surface area contributed by atoms with Gasteiger partial charge in [-0.15, -0.1) is 0 Å². The summed E-state index contributed by atoms with van der Waals surface area (Å²) < 4.78 is 33.3. The minimum absolute atomic E-state index is 0.206. The van der Waals surface area contributed by atoms with Gasteiger partial charge in [0.2, 0.25) is 0 Å². The summed E-state index contributed by atoms with van der Waals surface area (Å²) in [5, 5.41) is 0. The number of unbranched alkanes of at least 4 members (excludes halogenated alkanes) is 1. The van der Waals surface area contributed by atoms with Crippen LogP contribution in [-0.2, 0) is 27.5 Å². The van der Waals surface area contributed by atoms with E-state index in [1.165, 1.54) is 0 Å². The molecule has 0 amide bonds. The van der Waals surface area contributed by atoms with Gasteiger partial charge < -0.3 is 27.5 Å². The SMILES string of the molecule is CCCCOC(CN(CCC[Si](OC)(OC)OC)CCOC)OCC. The summed E-state index contributed by atoms with van der Waals surface area (Å²) in [6, 6.07) is 0.774. The summed E-state index contributed by atoms with van der Waals surface area (Å²) >= 11 is 0. The van der Waals surface area contributed by atoms with E-state index in [1.54, 1.807) is 28.4 Å². The van der Waals surface area contributed by atoms with Crippen LogP contribution >= 0.6 is 0 Å². The summed E-state index contributed by atoms with van der Waals surface area (Å²) in [4.78, 5) is 2.30. The van der Waals surface area contributed by atoms with Gasteiger partial charge in [0.1, 0.15) is 0 Å². The van der Waals surface area contributed by atoms with Crippen LogP contribution in [-0.4, -0.2) is 87.9 Å². The molecule has 7 nitrogen and oxygen atoms in total. The molecule has 0 heterocycles. The zero-order chi connectivity index (χ0) is 19.0. The molecule has 0 aliphatic rings. The van der Waals surface area contributed by atoms with Crippen molar-refractivity contribution in [2.45, 2.75) is 45.4 Å². The average molecular weight is 382 g/mol. The largest absolute Gasteiger partial charge is 0.500 e. The Balaban J connectivity index is 4.53. The topological polar surface area (TPSA) is 58.6 Å². The second-order valence-corrected chi connectivity index (χ2v) is 8.89. The first-order chi connectivity index (χ1) is 12.1. The number of hydrogen-bond acceptors (Lipinski definition) is 7. The Hall–Kier alpha value is -0.0631. The Morgan fingerprint density at radius 2 is 1.52 bits per heavy atom. The highest BCUT2D eigenvalue weighted by Gasteiger charge is 2.37. The molecule has 0 radical (unpaired) electrons. The third kappa shape index (κ3) is 11.3. The van der Waals surface area contributed by atoms with Crippen molar-refractivity contribution in [1.29, 1.82) is 0 Å². The maximum absolute atomic E-state index is 5.87. The summed E-state index contributed by atoms with van der Waals surface area (Å²) in [6.45, 7) is 8.63. The fourth-order valence-electron chi connectivity index (χ4n) is 2.50. The molecule has 0 spiro atoms. The number of methoxy groups -OCH3 is 1. The van der Waals surface area contributed by atoms with Gasteiger partial charge in [-0.05, 0) is 26.3 Å². The predicted octanol–water partition coefficient (Wildman–Crippen LogP) is 2.38. The van der Waals surface area contributed by atoms with Gasteiger partial charge in [-0.2, -0.15) is 0 Å². The minimum atomic E-state index is -2.52. The van der Waals surface area contributed by atoms with Crippen molar-refractivity contribution in [3.8, 4) is 0 Å². The number of rotatable bonds is 18. The summed E-state index contributed by atoms with van der Waals surface area (Å²) in [6.07, 6.45) is 2.87. The van der Waals surface area contributed by atoms with Crippen LogP contribution in [0.5, 0.6) is 0 Å². The van der Waals surface area contributed by atoms with E-state index in [4.69, 9.17) is 27.5 Å². The van der Waals surface area contributed by atoms with Crippen LogP contribution in [0.15, 0.2) is 0 Å². The van der Waals surface area contributed by atoms with Crippen LogP contribution in [0.25, 0.3) is 0 Å². The van der Waals surface area contributed by atoms with E-state index in [2.05, 4.69) is 11.8 Å². The highest BCUT2D eigenvalue weighted by molar-refractivity contribution is 6.60. The van der Waals surface area contributed by atoms with Crippen LogP contribution < -0.4 is 0 Å². The quantitative estimate of drug-likeness (QED) is 0.205.